The Kier molecular flexibility index (Phi) is 4.35. The Morgan fingerprint density at radius 1 is 1.32 bits per heavy atom. The van der Waals surface area contributed by atoms with Crippen LogP contribution in [0.2, 0.25) is 0 Å². The van der Waals surface area contributed by atoms with Crippen LogP contribution in [0.25, 0.3) is 10.9 Å². The van der Waals surface area contributed by atoms with E-state index in [1.807, 2.05) is 12.3 Å². The summed E-state index contributed by atoms with van der Waals surface area (Å²) in [6.45, 7) is 1.98. The number of benzene rings is 1. The first-order valence-corrected chi connectivity index (χ1v) is 9.62. The highest BCUT2D eigenvalue weighted by Crippen LogP contribution is 2.20. The van der Waals surface area contributed by atoms with Crippen LogP contribution >= 0.6 is 11.3 Å². The van der Waals surface area contributed by atoms with Gasteiger partial charge in [-0.05, 0) is 25.1 Å². The van der Waals surface area contributed by atoms with E-state index in [0.29, 0.717) is 10.5 Å². The van der Waals surface area contributed by atoms with E-state index >= 15 is 0 Å². The Morgan fingerprint density at radius 2 is 2.04 bits per heavy atom. The van der Waals surface area contributed by atoms with Crippen molar-refractivity contribution < 1.29 is 8.42 Å². The van der Waals surface area contributed by atoms with E-state index in [2.05, 4.69) is 9.97 Å². The first-order chi connectivity index (χ1) is 11.7. The van der Waals surface area contributed by atoms with Crippen LogP contribution in [0.4, 0.5) is 0 Å². The van der Waals surface area contributed by atoms with Crippen LogP contribution in [0.15, 0.2) is 38.1 Å². The van der Waals surface area contributed by atoms with Gasteiger partial charge in [-0.2, -0.15) is 4.31 Å². The van der Waals surface area contributed by atoms with Gasteiger partial charge in [0.1, 0.15) is 5.01 Å². The number of aromatic nitrogens is 3. The Balaban J connectivity index is 2.05. The molecule has 2 heterocycles. The Labute approximate surface area is 147 Å². The zero-order valence-electron chi connectivity index (χ0n) is 13.8. The standard InChI is InChI=1S/C15H16N4O4S2/c1-9-8-24-13(16-9)7-18(2)25(22,23)10-4-5-12-11(6-10)14(20)19(3)15(21)17-12/h4-6,8H,7H2,1-3H3,(H,17,21). The summed E-state index contributed by atoms with van der Waals surface area (Å²) in [6.07, 6.45) is 0. The molecule has 3 aromatic rings. The summed E-state index contributed by atoms with van der Waals surface area (Å²) in [6, 6.07) is 4.08. The van der Waals surface area contributed by atoms with Crippen molar-refractivity contribution in [1.29, 1.82) is 0 Å². The predicted molar refractivity (Wildman–Crippen MR) is 95.3 cm³/mol. The molecule has 0 amide bonds. The van der Waals surface area contributed by atoms with Crippen molar-refractivity contribution >= 4 is 32.3 Å². The van der Waals surface area contributed by atoms with Gasteiger partial charge in [-0.1, -0.05) is 0 Å². The molecule has 10 heteroatoms. The van der Waals surface area contributed by atoms with E-state index in [1.165, 1.54) is 47.9 Å². The molecule has 0 saturated carbocycles. The van der Waals surface area contributed by atoms with Gasteiger partial charge in [0.25, 0.3) is 5.56 Å². The average Bonchev–Trinajstić information content (AvgIpc) is 2.97. The SMILES string of the molecule is Cc1csc(CN(C)S(=O)(=O)c2ccc3[nH]c(=O)n(C)c(=O)c3c2)n1. The van der Waals surface area contributed by atoms with E-state index < -0.39 is 21.3 Å². The predicted octanol–water partition coefficient (Wildman–Crippen LogP) is 0.812. The molecule has 0 aliphatic rings. The highest BCUT2D eigenvalue weighted by atomic mass is 32.2. The van der Waals surface area contributed by atoms with Crippen molar-refractivity contribution in [3.05, 3.63) is 55.1 Å². The summed E-state index contributed by atoms with van der Waals surface area (Å²) in [5, 5.41) is 2.68. The van der Waals surface area contributed by atoms with Gasteiger partial charge in [0.15, 0.2) is 0 Å². The smallest absolute Gasteiger partial charge is 0.307 e. The quantitative estimate of drug-likeness (QED) is 0.721. The number of nitrogens with one attached hydrogen (secondary N) is 1. The van der Waals surface area contributed by atoms with Crippen molar-refractivity contribution in [2.75, 3.05) is 7.05 Å². The number of nitrogens with zero attached hydrogens (tertiary/aromatic N) is 3. The molecule has 1 aromatic carbocycles. The first-order valence-electron chi connectivity index (χ1n) is 7.30. The molecule has 0 saturated heterocycles. The maximum atomic E-state index is 12.8. The lowest BCUT2D eigenvalue weighted by atomic mass is 10.2. The fraction of sp³-hybridized carbons (Fsp3) is 0.267. The molecule has 0 atom stereocenters. The number of H-pyrrole nitrogens is 1. The lowest BCUT2D eigenvalue weighted by Crippen LogP contribution is -2.32. The largest absolute Gasteiger partial charge is 0.328 e. The minimum Gasteiger partial charge on any atom is -0.307 e. The average molecular weight is 380 g/mol. The van der Waals surface area contributed by atoms with Gasteiger partial charge in [0.2, 0.25) is 10.0 Å². The van der Waals surface area contributed by atoms with Crippen LogP contribution in [0.1, 0.15) is 10.7 Å². The molecule has 0 aliphatic carbocycles. The zero-order chi connectivity index (χ0) is 18.4. The highest BCUT2D eigenvalue weighted by Gasteiger charge is 2.23. The Bertz CT molecular complexity index is 1170. The third-order valence-corrected chi connectivity index (χ3v) is 6.56. The minimum atomic E-state index is -3.80. The zero-order valence-corrected chi connectivity index (χ0v) is 15.4. The molecule has 0 aliphatic heterocycles. The van der Waals surface area contributed by atoms with Crippen LogP contribution < -0.4 is 11.2 Å². The van der Waals surface area contributed by atoms with Gasteiger partial charge < -0.3 is 4.98 Å². The summed E-state index contributed by atoms with van der Waals surface area (Å²) in [5.41, 5.74) is 0.0348. The number of fused-ring (bicyclic) bond motifs is 1. The second-order valence-corrected chi connectivity index (χ2v) is 8.63. The fourth-order valence-electron chi connectivity index (χ4n) is 2.37. The fourth-order valence-corrected chi connectivity index (χ4v) is 4.44. The second kappa shape index (κ2) is 6.21. The molecule has 0 bridgehead atoms. The van der Waals surface area contributed by atoms with Crippen molar-refractivity contribution in [3.8, 4) is 0 Å². The number of aromatic amines is 1. The molecule has 2 aromatic heterocycles. The molecular formula is C15H16N4O4S2. The third-order valence-electron chi connectivity index (χ3n) is 3.80. The number of hydrogen-bond donors (Lipinski definition) is 1. The summed E-state index contributed by atoms with van der Waals surface area (Å²) in [4.78, 5) is 30.6. The van der Waals surface area contributed by atoms with Gasteiger partial charge in [0, 0.05) is 25.2 Å². The van der Waals surface area contributed by atoms with Crippen LogP contribution in [0, 0.1) is 6.92 Å². The number of aryl methyl sites for hydroxylation is 1. The first kappa shape index (κ1) is 17.5. The molecule has 3 rings (SSSR count). The van der Waals surface area contributed by atoms with Gasteiger partial charge >= 0.3 is 5.69 Å². The topological polar surface area (TPSA) is 105 Å². The maximum Gasteiger partial charge on any atom is 0.328 e. The molecule has 0 fully saturated rings. The van der Waals surface area contributed by atoms with E-state index in [1.54, 1.807) is 0 Å². The summed E-state index contributed by atoms with van der Waals surface area (Å²) in [7, 11) is -1.01. The maximum absolute atomic E-state index is 12.8. The van der Waals surface area contributed by atoms with E-state index in [4.69, 9.17) is 0 Å². The van der Waals surface area contributed by atoms with Crippen LogP contribution in [0.3, 0.4) is 0 Å². The molecule has 25 heavy (non-hydrogen) atoms. The molecule has 132 valence electrons. The Morgan fingerprint density at radius 3 is 2.68 bits per heavy atom. The van der Waals surface area contributed by atoms with E-state index in [9.17, 15) is 18.0 Å². The molecule has 0 unspecified atom stereocenters. The monoisotopic (exact) mass is 380 g/mol. The van der Waals surface area contributed by atoms with Crippen LogP contribution in [-0.4, -0.2) is 34.3 Å². The summed E-state index contributed by atoms with van der Waals surface area (Å²) < 4.78 is 27.6. The van der Waals surface area contributed by atoms with Crippen molar-refractivity contribution in [1.82, 2.24) is 18.8 Å². The van der Waals surface area contributed by atoms with Gasteiger partial charge in [-0.25, -0.2) is 18.2 Å². The van der Waals surface area contributed by atoms with Gasteiger partial charge in [-0.3, -0.25) is 9.36 Å². The molecule has 0 spiro atoms. The summed E-state index contributed by atoms with van der Waals surface area (Å²) >= 11 is 1.39. The van der Waals surface area contributed by atoms with Crippen molar-refractivity contribution in [2.45, 2.75) is 18.4 Å². The molecule has 8 nitrogen and oxygen atoms in total. The normalized spacial score (nSPS) is 12.2. The van der Waals surface area contributed by atoms with E-state index in [-0.39, 0.29) is 16.8 Å². The van der Waals surface area contributed by atoms with Gasteiger partial charge in [-0.15, -0.1) is 11.3 Å². The molecular weight excluding hydrogens is 364 g/mol. The molecule has 1 N–H and O–H groups in total. The lowest BCUT2D eigenvalue weighted by Gasteiger charge is -2.16. The number of rotatable bonds is 4. The third kappa shape index (κ3) is 3.15. The minimum absolute atomic E-state index is 0.0140. The highest BCUT2D eigenvalue weighted by molar-refractivity contribution is 7.89. The lowest BCUT2D eigenvalue weighted by molar-refractivity contribution is 0.466. The van der Waals surface area contributed by atoms with Crippen molar-refractivity contribution in [3.63, 3.8) is 0 Å². The number of hydrogen-bond acceptors (Lipinski definition) is 6. The second-order valence-electron chi connectivity index (χ2n) is 5.65. The van der Waals surface area contributed by atoms with Gasteiger partial charge in [0.05, 0.1) is 22.3 Å². The summed E-state index contributed by atoms with van der Waals surface area (Å²) in [5.74, 6) is 0. The van der Waals surface area contributed by atoms with E-state index in [0.717, 1.165) is 10.3 Å². The number of sulfonamides is 1. The van der Waals surface area contributed by atoms with Crippen molar-refractivity contribution in [2.24, 2.45) is 7.05 Å². The Hall–Kier alpha value is -2.30. The van der Waals surface area contributed by atoms with Crippen LogP contribution in [-0.2, 0) is 23.6 Å². The van der Waals surface area contributed by atoms with Crippen LogP contribution in [0.5, 0.6) is 0 Å². The number of thiazole rings is 1. The molecule has 0 radical (unpaired) electrons.